The summed E-state index contributed by atoms with van der Waals surface area (Å²) >= 11 is 12.5. The minimum absolute atomic E-state index is 0.572. The van der Waals surface area contributed by atoms with Crippen LogP contribution in [-0.4, -0.2) is 21.4 Å². The Hall–Kier alpha value is -1.16. The lowest BCUT2D eigenvalue weighted by atomic mass is 9.88. The van der Waals surface area contributed by atoms with Crippen LogP contribution in [0.1, 0.15) is 60.7 Å². The van der Waals surface area contributed by atoms with Crippen LogP contribution in [0.4, 0.5) is 0 Å². The molecular weight excluding hydrogens is 353 g/mol. The minimum Gasteiger partial charge on any atom is -0.294 e. The van der Waals surface area contributed by atoms with Crippen LogP contribution in [-0.2, 0) is 19.5 Å². The molecule has 4 rings (SSSR count). The fourth-order valence-corrected chi connectivity index (χ4v) is 4.37. The van der Waals surface area contributed by atoms with E-state index in [1.165, 1.54) is 43.4 Å². The van der Waals surface area contributed by atoms with Gasteiger partial charge in [-0.25, -0.2) is 9.97 Å². The topological polar surface area (TPSA) is 29.0 Å². The van der Waals surface area contributed by atoms with Gasteiger partial charge in [0.25, 0.3) is 0 Å². The van der Waals surface area contributed by atoms with Gasteiger partial charge >= 0.3 is 0 Å². The molecule has 0 spiro atoms. The predicted octanol–water partition coefficient (Wildman–Crippen LogP) is 5.39. The number of hydrogen-bond acceptors (Lipinski definition) is 3. The molecule has 1 saturated carbocycles. The Labute approximate surface area is 159 Å². The van der Waals surface area contributed by atoms with E-state index in [1.807, 2.05) is 18.2 Å². The SMILES string of the molecule is Clc1cccc(CN2CCc3nc(C4CCCCC4)ncc3C2)c1Cl. The summed E-state index contributed by atoms with van der Waals surface area (Å²) < 4.78 is 0. The Kier molecular flexibility index (Phi) is 5.25. The normalized spacial score (nSPS) is 19.0. The van der Waals surface area contributed by atoms with Gasteiger partial charge in [-0.05, 0) is 24.5 Å². The van der Waals surface area contributed by atoms with Crippen molar-refractivity contribution in [2.45, 2.75) is 57.5 Å². The van der Waals surface area contributed by atoms with Gasteiger partial charge in [-0.15, -0.1) is 0 Å². The van der Waals surface area contributed by atoms with Crippen LogP contribution in [0, 0.1) is 0 Å². The number of halogens is 2. The van der Waals surface area contributed by atoms with Crippen LogP contribution >= 0.6 is 23.2 Å². The second-order valence-corrected chi connectivity index (χ2v) is 7.99. The Morgan fingerprint density at radius 2 is 1.96 bits per heavy atom. The number of benzene rings is 1. The molecule has 5 heteroatoms. The van der Waals surface area contributed by atoms with Crippen LogP contribution < -0.4 is 0 Å². The first-order valence-electron chi connectivity index (χ1n) is 9.20. The fourth-order valence-electron chi connectivity index (χ4n) is 3.99. The monoisotopic (exact) mass is 375 g/mol. The highest BCUT2D eigenvalue weighted by atomic mass is 35.5. The molecule has 2 aromatic rings. The third-order valence-corrected chi connectivity index (χ3v) is 6.29. The number of rotatable bonds is 3. The smallest absolute Gasteiger partial charge is 0.131 e. The summed E-state index contributed by atoms with van der Waals surface area (Å²) in [5.41, 5.74) is 3.57. The van der Waals surface area contributed by atoms with Gasteiger partial charge in [0.2, 0.25) is 0 Å². The Bertz CT molecular complexity index is 757. The molecule has 1 aromatic carbocycles. The third-order valence-electron chi connectivity index (χ3n) is 5.43. The van der Waals surface area contributed by atoms with Gasteiger partial charge in [0.05, 0.1) is 10.0 Å². The molecule has 1 fully saturated rings. The van der Waals surface area contributed by atoms with Crippen molar-refractivity contribution >= 4 is 23.2 Å². The van der Waals surface area contributed by atoms with Crippen molar-refractivity contribution < 1.29 is 0 Å². The van der Waals surface area contributed by atoms with Crippen molar-refractivity contribution in [2.75, 3.05) is 6.54 Å². The summed E-state index contributed by atoms with van der Waals surface area (Å²) in [6.45, 7) is 2.68. The highest BCUT2D eigenvalue weighted by molar-refractivity contribution is 6.42. The fraction of sp³-hybridized carbons (Fsp3) is 0.500. The lowest BCUT2D eigenvalue weighted by Gasteiger charge is -2.29. The first-order chi connectivity index (χ1) is 12.2. The first kappa shape index (κ1) is 17.3. The molecule has 1 aliphatic carbocycles. The molecule has 0 atom stereocenters. The van der Waals surface area contributed by atoms with Crippen molar-refractivity contribution in [1.29, 1.82) is 0 Å². The van der Waals surface area contributed by atoms with E-state index in [0.717, 1.165) is 37.4 Å². The van der Waals surface area contributed by atoms with E-state index in [0.29, 0.717) is 16.0 Å². The molecule has 0 N–H and O–H groups in total. The zero-order valence-corrected chi connectivity index (χ0v) is 15.9. The molecule has 0 saturated heterocycles. The molecule has 2 heterocycles. The summed E-state index contributed by atoms with van der Waals surface area (Å²) in [7, 11) is 0. The molecule has 0 amide bonds. The number of fused-ring (bicyclic) bond motifs is 1. The summed E-state index contributed by atoms with van der Waals surface area (Å²) in [5, 5.41) is 1.29. The molecule has 3 nitrogen and oxygen atoms in total. The summed E-state index contributed by atoms with van der Waals surface area (Å²) in [6.07, 6.45) is 9.53. The maximum atomic E-state index is 6.34. The first-order valence-corrected chi connectivity index (χ1v) is 9.96. The van der Waals surface area contributed by atoms with Gasteiger partial charge < -0.3 is 0 Å². The molecule has 1 aliphatic heterocycles. The van der Waals surface area contributed by atoms with Crippen LogP contribution in [0.15, 0.2) is 24.4 Å². The van der Waals surface area contributed by atoms with Crippen LogP contribution in [0.25, 0.3) is 0 Å². The van der Waals surface area contributed by atoms with Gasteiger partial charge in [0, 0.05) is 49.4 Å². The van der Waals surface area contributed by atoms with Crippen molar-refractivity contribution in [3.63, 3.8) is 0 Å². The van der Waals surface area contributed by atoms with Gasteiger partial charge in [-0.1, -0.05) is 54.6 Å². The zero-order chi connectivity index (χ0) is 17.2. The number of aromatic nitrogens is 2. The van der Waals surface area contributed by atoms with Crippen LogP contribution in [0.5, 0.6) is 0 Å². The van der Waals surface area contributed by atoms with E-state index in [9.17, 15) is 0 Å². The lowest BCUT2D eigenvalue weighted by Crippen LogP contribution is -2.31. The number of hydrogen-bond donors (Lipinski definition) is 0. The third kappa shape index (κ3) is 3.84. The van der Waals surface area contributed by atoms with E-state index in [2.05, 4.69) is 11.1 Å². The quantitative estimate of drug-likeness (QED) is 0.719. The maximum Gasteiger partial charge on any atom is 0.131 e. The molecule has 0 unspecified atom stereocenters. The van der Waals surface area contributed by atoms with Gasteiger partial charge in [0.1, 0.15) is 5.82 Å². The molecule has 132 valence electrons. The second-order valence-electron chi connectivity index (χ2n) is 7.21. The zero-order valence-electron chi connectivity index (χ0n) is 14.3. The van der Waals surface area contributed by atoms with E-state index in [1.54, 1.807) is 0 Å². The highest BCUT2D eigenvalue weighted by Crippen LogP contribution is 2.32. The molecule has 0 bridgehead atoms. The largest absolute Gasteiger partial charge is 0.294 e. The second kappa shape index (κ2) is 7.61. The van der Waals surface area contributed by atoms with Gasteiger partial charge in [0.15, 0.2) is 0 Å². The molecule has 1 aromatic heterocycles. The predicted molar refractivity (Wildman–Crippen MR) is 102 cm³/mol. The summed E-state index contributed by atoms with van der Waals surface area (Å²) in [4.78, 5) is 12.0. The van der Waals surface area contributed by atoms with Gasteiger partial charge in [-0.2, -0.15) is 0 Å². The molecular formula is C20H23Cl2N3. The maximum absolute atomic E-state index is 6.34. The standard InChI is InChI=1S/C20H23Cl2N3/c21-17-8-4-7-15(19(17)22)12-25-10-9-18-16(13-25)11-23-20(24-18)14-5-2-1-3-6-14/h4,7-8,11,14H,1-3,5-6,9-10,12-13H2. The van der Waals surface area contributed by atoms with E-state index in [-0.39, 0.29) is 0 Å². The number of nitrogens with zero attached hydrogens (tertiary/aromatic N) is 3. The van der Waals surface area contributed by atoms with Crippen molar-refractivity contribution in [1.82, 2.24) is 14.9 Å². The molecule has 0 radical (unpaired) electrons. The highest BCUT2D eigenvalue weighted by Gasteiger charge is 2.23. The van der Waals surface area contributed by atoms with Crippen LogP contribution in [0.2, 0.25) is 10.0 Å². The summed E-state index contributed by atoms with van der Waals surface area (Å²) in [6, 6.07) is 5.84. The molecule has 2 aliphatic rings. The summed E-state index contributed by atoms with van der Waals surface area (Å²) in [5.74, 6) is 1.65. The van der Waals surface area contributed by atoms with Crippen molar-refractivity contribution in [3.8, 4) is 0 Å². The average molecular weight is 376 g/mol. The Morgan fingerprint density at radius 1 is 1.12 bits per heavy atom. The minimum atomic E-state index is 0.572. The molecule has 25 heavy (non-hydrogen) atoms. The Balaban J connectivity index is 1.47. The lowest BCUT2D eigenvalue weighted by molar-refractivity contribution is 0.242. The van der Waals surface area contributed by atoms with E-state index in [4.69, 9.17) is 33.2 Å². The van der Waals surface area contributed by atoms with Gasteiger partial charge in [-0.3, -0.25) is 4.90 Å². The van der Waals surface area contributed by atoms with E-state index < -0.39 is 0 Å². The van der Waals surface area contributed by atoms with E-state index >= 15 is 0 Å². The van der Waals surface area contributed by atoms with Crippen LogP contribution in [0.3, 0.4) is 0 Å². The van der Waals surface area contributed by atoms with Crippen molar-refractivity contribution in [2.24, 2.45) is 0 Å². The average Bonchev–Trinajstić information content (AvgIpc) is 2.66. The van der Waals surface area contributed by atoms with Crippen molar-refractivity contribution in [3.05, 3.63) is 57.1 Å². The Morgan fingerprint density at radius 3 is 2.80 bits per heavy atom.